The van der Waals surface area contributed by atoms with Crippen molar-refractivity contribution in [1.82, 2.24) is 4.90 Å². The molecule has 0 bridgehead atoms. The maximum absolute atomic E-state index is 12.4. The number of aliphatic hydroxyl groups excluding tert-OH is 1. The number of nitrogens with one attached hydrogen (secondary N) is 1. The number of hydrogen-bond acceptors (Lipinski definition) is 4. The topological polar surface area (TPSA) is 82.0 Å². The molecule has 0 aromatic heterocycles. The van der Waals surface area contributed by atoms with E-state index in [0.29, 0.717) is 31.6 Å². The number of amides is 2. The second kappa shape index (κ2) is 7.76. The molecule has 0 saturated carbocycles. The van der Waals surface area contributed by atoms with Crippen LogP contribution in [0.15, 0.2) is 48.5 Å². The summed E-state index contributed by atoms with van der Waals surface area (Å²) in [6, 6.07) is 15.2. The zero-order valence-electron chi connectivity index (χ0n) is 14.8. The highest BCUT2D eigenvalue weighted by Crippen LogP contribution is 2.26. The minimum absolute atomic E-state index is 0.195. The first-order valence-corrected chi connectivity index (χ1v) is 8.67. The summed E-state index contributed by atoms with van der Waals surface area (Å²) in [7, 11) is 1.64. The van der Waals surface area contributed by atoms with Gasteiger partial charge in [-0.3, -0.25) is 0 Å². The van der Waals surface area contributed by atoms with Gasteiger partial charge in [-0.1, -0.05) is 24.3 Å². The van der Waals surface area contributed by atoms with Crippen molar-refractivity contribution >= 4 is 11.7 Å². The monoisotopic (exact) mass is 356 g/mol. The Bertz CT molecular complexity index is 753. The van der Waals surface area contributed by atoms with Gasteiger partial charge in [0.25, 0.3) is 0 Å². The number of rotatable bonds is 4. The van der Waals surface area contributed by atoms with Crippen LogP contribution < -0.4 is 10.1 Å². The van der Waals surface area contributed by atoms with Crippen LogP contribution in [-0.4, -0.2) is 53.6 Å². The van der Waals surface area contributed by atoms with Gasteiger partial charge in [0.2, 0.25) is 0 Å². The Hall–Kier alpha value is -2.57. The lowest BCUT2D eigenvalue weighted by Gasteiger charge is -2.36. The number of carbonyl (C=O) groups excluding carboxylic acids is 1. The van der Waals surface area contributed by atoms with E-state index >= 15 is 0 Å². The average Bonchev–Trinajstić information content (AvgIpc) is 2.69. The molecule has 0 radical (unpaired) electrons. The van der Waals surface area contributed by atoms with Crippen molar-refractivity contribution in [2.75, 3.05) is 32.1 Å². The van der Waals surface area contributed by atoms with Crippen molar-refractivity contribution in [3.8, 4) is 16.9 Å². The molecule has 2 aromatic carbocycles. The Morgan fingerprint density at radius 2 is 1.85 bits per heavy atom. The zero-order chi connectivity index (χ0) is 18.6. The summed E-state index contributed by atoms with van der Waals surface area (Å²) in [5, 5.41) is 22.1. The van der Waals surface area contributed by atoms with Crippen LogP contribution in [0.25, 0.3) is 11.1 Å². The van der Waals surface area contributed by atoms with Gasteiger partial charge in [-0.15, -0.1) is 0 Å². The molecule has 1 heterocycles. The second-order valence-electron chi connectivity index (χ2n) is 6.61. The number of anilines is 1. The molecule has 3 N–H and O–H groups in total. The van der Waals surface area contributed by atoms with Gasteiger partial charge in [0, 0.05) is 18.8 Å². The van der Waals surface area contributed by atoms with E-state index in [1.807, 2.05) is 48.5 Å². The molecule has 1 fully saturated rings. The number of benzene rings is 2. The first kappa shape index (κ1) is 18.2. The zero-order valence-corrected chi connectivity index (χ0v) is 14.8. The van der Waals surface area contributed by atoms with Crippen LogP contribution in [0.5, 0.6) is 5.75 Å². The summed E-state index contributed by atoms with van der Waals surface area (Å²) in [6.45, 7) is 0.573. The van der Waals surface area contributed by atoms with Gasteiger partial charge < -0.3 is 25.2 Å². The number of methoxy groups -OCH3 is 1. The predicted octanol–water partition coefficient (Wildman–Crippen LogP) is 2.71. The van der Waals surface area contributed by atoms with Crippen molar-refractivity contribution in [3.05, 3.63) is 48.5 Å². The third kappa shape index (κ3) is 4.15. The Balaban J connectivity index is 1.61. The van der Waals surface area contributed by atoms with Crippen LogP contribution in [0.2, 0.25) is 0 Å². The summed E-state index contributed by atoms with van der Waals surface area (Å²) in [4.78, 5) is 14.0. The summed E-state index contributed by atoms with van der Waals surface area (Å²) in [5.41, 5.74) is 1.73. The summed E-state index contributed by atoms with van der Waals surface area (Å²) >= 11 is 0. The van der Waals surface area contributed by atoms with E-state index in [2.05, 4.69) is 5.32 Å². The van der Waals surface area contributed by atoms with E-state index in [1.54, 1.807) is 12.0 Å². The number of likely N-dealkylation sites (tertiary alicyclic amines) is 1. The molecule has 6 nitrogen and oxygen atoms in total. The van der Waals surface area contributed by atoms with E-state index in [4.69, 9.17) is 4.74 Å². The van der Waals surface area contributed by atoms with E-state index < -0.39 is 5.60 Å². The highest BCUT2D eigenvalue weighted by molar-refractivity contribution is 5.89. The smallest absolute Gasteiger partial charge is 0.321 e. The van der Waals surface area contributed by atoms with Gasteiger partial charge in [-0.25, -0.2) is 4.79 Å². The number of hydrogen-bond donors (Lipinski definition) is 3. The van der Waals surface area contributed by atoms with Gasteiger partial charge in [-0.05, 0) is 48.2 Å². The lowest BCUT2D eigenvalue weighted by molar-refractivity contribution is -0.0519. The Labute approximate surface area is 153 Å². The molecule has 26 heavy (non-hydrogen) atoms. The van der Waals surface area contributed by atoms with Crippen LogP contribution in [-0.2, 0) is 0 Å². The fourth-order valence-corrected chi connectivity index (χ4v) is 3.04. The largest absolute Gasteiger partial charge is 0.497 e. The van der Waals surface area contributed by atoms with Gasteiger partial charge in [0.05, 0.1) is 19.3 Å². The molecule has 1 saturated heterocycles. The number of nitrogens with zero attached hydrogens (tertiary/aromatic N) is 1. The summed E-state index contributed by atoms with van der Waals surface area (Å²) in [5.74, 6) is 0.799. The van der Waals surface area contributed by atoms with Gasteiger partial charge >= 0.3 is 6.03 Å². The Morgan fingerprint density at radius 1 is 1.15 bits per heavy atom. The minimum atomic E-state index is -1.06. The van der Waals surface area contributed by atoms with Crippen LogP contribution in [0, 0.1) is 0 Å². The van der Waals surface area contributed by atoms with Gasteiger partial charge in [-0.2, -0.15) is 0 Å². The third-order valence-corrected chi connectivity index (χ3v) is 4.81. The van der Waals surface area contributed by atoms with E-state index in [9.17, 15) is 15.0 Å². The van der Waals surface area contributed by atoms with Crippen LogP contribution in [0.3, 0.4) is 0 Å². The average molecular weight is 356 g/mol. The molecule has 1 aliphatic heterocycles. The molecule has 0 unspecified atom stereocenters. The van der Waals surface area contributed by atoms with Crippen LogP contribution >= 0.6 is 0 Å². The lowest BCUT2D eigenvalue weighted by Crippen LogP contribution is -2.49. The summed E-state index contributed by atoms with van der Waals surface area (Å²) < 4.78 is 5.25. The van der Waals surface area contributed by atoms with Crippen molar-refractivity contribution in [2.24, 2.45) is 0 Å². The number of aliphatic hydroxyl groups is 2. The number of urea groups is 1. The number of ether oxygens (including phenoxy) is 1. The van der Waals surface area contributed by atoms with Gasteiger partial charge in [0.15, 0.2) is 0 Å². The standard InChI is InChI=1S/C20H24N2O4/c1-26-18-4-2-3-16(13-18)15-5-7-17(8-6-15)21-19(24)22-11-9-20(25,14-23)10-12-22/h2-8,13,23,25H,9-12,14H2,1H3,(H,21,24). The fourth-order valence-electron chi connectivity index (χ4n) is 3.04. The predicted molar refractivity (Wildman–Crippen MR) is 100 cm³/mol. The first-order valence-electron chi connectivity index (χ1n) is 8.67. The SMILES string of the molecule is COc1cccc(-c2ccc(NC(=O)N3CCC(O)(CO)CC3)cc2)c1. The maximum atomic E-state index is 12.4. The molecule has 1 aliphatic rings. The van der Waals surface area contributed by atoms with Crippen molar-refractivity contribution in [3.63, 3.8) is 0 Å². The van der Waals surface area contributed by atoms with E-state index in [0.717, 1.165) is 16.9 Å². The number of piperidine rings is 1. The highest BCUT2D eigenvalue weighted by atomic mass is 16.5. The molecular formula is C20H24N2O4. The lowest BCUT2D eigenvalue weighted by atomic mass is 9.93. The normalized spacial score (nSPS) is 16.2. The van der Waals surface area contributed by atoms with Gasteiger partial charge in [0.1, 0.15) is 5.75 Å². The number of carbonyl (C=O) groups is 1. The van der Waals surface area contributed by atoms with Crippen molar-refractivity contribution in [2.45, 2.75) is 18.4 Å². The second-order valence-corrected chi connectivity index (χ2v) is 6.61. The van der Waals surface area contributed by atoms with Crippen LogP contribution in [0.1, 0.15) is 12.8 Å². The third-order valence-electron chi connectivity index (χ3n) is 4.81. The molecule has 2 aromatic rings. The van der Waals surface area contributed by atoms with E-state index in [-0.39, 0.29) is 12.6 Å². The fraction of sp³-hybridized carbons (Fsp3) is 0.350. The van der Waals surface area contributed by atoms with Crippen molar-refractivity contribution < 1.29 is 19.7 Å². The Kier molecular flexibility index (Phi) is 5.44. The Morgan fingerprint density at radius 3 is 2.46 bits per heavy atom. The molecule has 2 amide bonds. The quantitative estimate of drug-likeness (QED) is 0.787. The molecule has 0 spiro atoms. The minimum Gasteiger partial charge on any atom is -0.497 e. The molecule has 3 rings (SSSR count). The summed E-state index contributed by atoms with van der Waals surface area (Å²) in [6.07, 6.45) is 0.761. The molecule has 0 aliphatic carbocycles. The molecular weight excluding hydrogens is 332 g/mol. The maximum Gasteiger partial charge on any atom is 0.321 e. The molecule has 6 heteroatoms. The molecule has 0 atom stereocenters. The van der Waals surface area contributed by atoms with Crippen LogP contribution in [0.4, 0.5) is 10.5 Å². The van der Waals surface area contributed by atoms with Crippen molar-refractivity contribution in [1.29, 1.82) is 0 Å². The van der Waals surface area contributed by atoms with E-state index in [1.165, 1.54) is 0 Å². The first-order chi connectivity index (χ1) is 12.5. The molecule has 138 valence electrons. The highest BCUT2D eigenvalue weighted by Gasteiger charge is 2.33.